The number of amides is 1. The number of aromatic nitrogens is 4. The fraction of sp³-hybridized carbons (Fsp3) is 0.294. The number of fused-ring (bicyclic) bond motifs is 3. The van der Waals surface area contributed by atoms with Crippen molar-refractivity contribution in [1.82, 2.24) is 24.6 Å². The Balaban J connectivity index is 1.69. The summed E-state index contributed by atoms with van der Waals surface area (Å²) in [5.74, 6) is 1.51. The van der Waals surface area contributed by atoms with E-state index in [2.05, 4.69) is 31.1 Å². The van der Waals surface area contributed by atoms with Crippen molar-refractivity contribution in [3.8, 4) is 17.2 Å². The maximum absolute atomic E-state index is 12.8. The largest absolute Gasteiger partial charge is 0.339 e. The molecule has 1 aromatic carbocycles. The summed E-state index contributed by atoms with van der Waals surface area (Å²) in [5.41, 5.74) is 2.95. The van der Waals surface area contributed by atoms with Gasteiger partial charge in [-0.15, -0.1) is 0 Å². The SMILES string of the molecule is CN1Cc2c(-c3noc(C4CC4)n3)ncn2-c2cccc(Br)c2C1=O. The van der Waals surface area contributed by atoms with Gasteiger partial charge in [0.2, 0.25) is 11.7 Å². The molecule has 1 amide bonds. The molecule has 126 valence electrons. The number of imidazole rings is 1. The van der Waals surface area contributed by atoms with Crippen molar-refractivity contribution in [2.24, 2.45) is 0 Å². The van der Waals surface area contributed by atoms with Crippen LogP contribution in [-0.4, -0.2) is 37.5 Å². The van der Waals surface area contributed by atoms with Crippen molar-refractivity contribution in [2.75, 3.05) is 7.05 Å². The van der Waals surface area contributed by atoms with E-state index in [-0.39, 0.29) is 5.91 Å². The lowest BCUT2D eigenvalue weighted by atomic mass is 10.1. The Morgan fingerprint density at radius 1 is 1.32 bits per heavy atom. The number of hydrogen-bond acceptors (Lipinski definition) is 5. The first-order chi connectivity index (χ1) is 12.1. The maximum Gasteiger partial charge on any atom is 0.257 e. The Labute approximate surface area is 151 Å². The Morgan fingerprint density at radius 3 is 2.96 bits per heavy atom. The van der Waals surface area contributed by atoms with Crippen LogP contribution in [0, 0.1) is 0 Å². The van der Waals surface area contributed by atoms with Crippen LogP contribution in [0.2, 0.25) is 0 Å². The Morgan fingerprint density at radius 2 is 2.16 bits per heavy atom. The molecular formula is C17H14BrN5O2. The van der Waals surface area contributed by atoms with E-state index in [1.54, 1.807) is 18.3 Å². The molecule has 3 aromatic rings. The van der Waals surface area contributed by atoms with E-state index < -0.39 is 0 Å². The van der Waals surface area contributed by atoms with Gasteiger partial charge in [0.1, 0.15) is 12.0 Å². The number of benzene rings is 1. The molecular weight excluding hydrogens is 386 g/mol. The normalized spacial score (nSPS) is 16.6. The van der Waals surface area contributed by atoms with E-state index in [0.717, 1.165) is 28.7 Å². The lowest BCUT2D eigenvalue weighted by Gasteiger charge is -2.14. The molecule has 0 spiro atoms. The zero-order valence-corrected chi connectivity index (χ0v) is 15.0. The van der Waals surface area contributed by atoms with Crippen LogP contribution >= 0.6 is 15.9 Å². The van der Waals surface area contributed by atoms with Crippen molar-refractivity contribution in [1.29, 1.82) is 0 Å². The highest BCUT2D eigenvalue weighted by atomic mass is 79.9. The lowest BCUT2D eigenvalue weighted by Crippen LogP contribution is -2.25. The second kappa shape index (κ2) is 5.26. The number of carbonyl (C=O) groups is 1. The summed E-state index contributed by atoms with van der Waals surface area (Å²) >= 11 is 3.49. The van der Waals surface area contributed by atoms with Gasteiger partial charge in [-0.1, -0.05) is 11.2 Å². The molecule has 7 nitrogen and oxygen atoms in total. The van der Waals surface area contributed by atoms with E-state index in [9.17, 15) is 4.79 Å². The molecule has 0 unspecified atom stereocenters. The van der Waals surface area contributed by atoms with Gasteiger partial charge in [-0.3, -0.25) is 9.36 Å². The number of carbonyl (C=O) groups excluding carboxylic acids is 1. The van der Waals surface area contributed by atoms with Gasteiger partial charge in [-0.2, -0.15) is 4.98 Å². The predicted octanol–water partition coefficient (Wildman–Crippen LogP) is 3.15. The molecule has 0 N–H and O–H groups in total. The van der Waals surface area contributed by atoms with Gasteiger partial charge in [-0.25, -0.2) is 4.98 Å². The summed E-state index contributed by atoms with van der Waals surface area (Å²) in [4.78, 5) is 23.5. The van der Waals surface area contributed by atoms with E-state index >= 15 is 0 Å². The quantitative estimate of drug-likeness (QED) is 0.661. The van der Waals surface area contributed by atoms with Crippen molar-refractivity contribution in [2.45, 2.75) is 25.3 Å². The Hall–Kier alpha value is -2.48. The summed E-state index contributed by atoms with van der Waals surface area (Å²) < 4.78 is 8.07. The number of rotatable bonds is 2. The van der Waals surface area contributed by atoms with E-state index in [1.807, 2.05) is 22.8 Å². The summed E-state index contributed by atoms with van der Waals surface area (Å²) in [7, 11) is 1.78. The molecule has 1 fully saturated rings. The summed E-state index contributed by atoms with van der Waals surface area (Å²) in [6.45, 7) is 0.419. The molecule has 0 saturated heterocycles. The van der Waals surface area contributed by atoms with Crippen LogP contribution in [0.1, 0.15) is 40.7 Å². The molecule has 5 rings (SSSR count). The third kappa shape index (κ3) is 2.24. The van der Waals surface area contributed by atoms with Gasteiger partial charge in [-0.05, 0) is 40.9 Å². The maximum atomic E-state index is 12.8. The number of hydrogen-bond donors (Lipinski definition) is 0. The molecule has 1 aliphatic carbocycles. The highest BCUT2D eigenvalue weighted by Gasteiger charge is 2.32. The minimum atomic E-state index is -0.0380. The topological polar surface area (TPSA) is 77.1 Å². The van der Waals surface area contributed by atoms with Crippen LogP contribution in [0.3, 0.4) is 0 Å². The zero-order valence-electron chi connectivity index (χ0n) is 13.4. The molecule has 25 heavy (non-hydrogen) atoms. The van der Waals surface area contributed by atoms with Gasteiger partial charge in [0.05, 0.1) is 23.5 Å². The first kappa shape index (κ1) is 14.8. The predicted molar refractivity (Wildman–Crippen MR) is 92.3 cm³/mol. The molecule has 1 saturated carbocycles. The first-order valence-electron chi connectivity index (χ1n) is 8.08. The van der Waals surface area contributed by atoms with Gasteiger partial charge in [0, 0.05) is 17.4 Å². The molecule has 8 heteroatoms. The zero-order chi connectivity index (χ0) is 17.1. The molecule has 2 aromatic heterocycles. The highest BCUT2D eigenvalue weighted by molar-refractivity contribution is 9.10. The van der Waals surface area contributed by atoms with Gasteiger partial charge in [0.15, 0.2) is 0 Å². The summed E-state index contributed by atoms with van der Waals surface area (Å²) in [6.07, 6.45) is 3.92. The van der Waals surface area contributed by atoms with Crippen LogP contribution < -0.4 is 0 Å². The standard InChI is InChI=1S/C17H14BrN5O2/c1-22-7-12-14(15-20-16(25-21-15)9-5-6-9)19-8-23(12)11-4-2-3-10(18)13(11)17(22)24/h2-4,8-9H,5-7H2,1H3. The second-order valence-corrected chi connectivity index (χ2v) is 7.29. The lowest BCUT2D eigenvalue weighted by molar-refractivity contribution is 0.0787. The molecule has 0 atom stereocenters. The number of nitrogens with zero attached hydrogens (tertiary/aromatic N) is 5. The minimum absolute atomic E-state index is 0.0380. The van der Waals surface area contributed by atoms with Crippen molar-refractivity contribution in [3.63, 3.8) is 0 Å². The molecule has 3 heterocycles. The monoisotopic (exact) mass is 399 g/mol. The molecule has 1 aliphatic heterocycles. The first-order valence-corrected chi connectivity index (χ1v) is 8.87. The van der Waals surface area contributed by atoms with Crippen molar-refractivity contribution in [3.05, 3.63) is 46.1 Å². The van der Waals surface area contributed by atoms with E-state index in [1.165, 1.54) is 0 Å². The fourth-order valence-electron chi connectivity index (χ4n) is 3.16. The van der Waals surface area contributed by atoms with Crippen molar-refractivity contribution < 1.29 is 9.32 Å². The average molecular weight is 400 g/mol. The molecule has 0 bridgehead atoms. The highest BCUT2D eigenvalue weighted by Crippen LogP contribution is 2.40. The number of halogens is 1. The van der Waals surface area contributed by atoms with Gasteiger partial charge in [0.25, 0.3) is 5.91 Å². The summed E-state index contributed by atoms with van der Waals surface area (Å²) in [5, 5.41) is 4.10. The molecule has 0 radical (unpaired) electrons. The van der Waals surface area contributed by atoms with Crippen molar-refractivity contribution >= 4 is 21.8 Å². The van der Waals surface area contributed by atoms with Crippen LogP contribution in [0.4, 0.5) is 0 Å². The van der Waals surface area contributed by atoms with E-state index in [4.69, 9.17) is 4.52 Å². The van der Waals surface area contributed by atoms with Crippen LogP contribution in [0.5, 0.6) is 0 Å². The van der Waals surface area contributed by atoms with Crippen LogP contribution in [0.25, 0.3) is 17.2 Å². The van der Waals surface area contributed by atoms with Crippen LogP contribution in [0.15, 0.2) is 33.5 Å². The van der Waals surface area contributed by atoms with E-state index in [0.29, 0.717) is 35.4 Å². The third-order valence-electron chi connectivity index (χ3n) is 4.65. The smallest absolute Gasteiger partial charge is 0.257 e. The van der Waals surface area contributed by atoms with Crippen LogP contribution in [-0.2, 0) is 6.54 Å². The third-order valence-corrected chi connectivity index (χ3v) is 5.31. The summed E-state index contributed by atoms with van der Waals surface area (Å²) in [6, 6.07) is 5.69. The Kier molecular flexibility index (Phi) is 3.12. The van der Waals surface area contributed by atoms with Gasteiger partial charge < -0.3 is 9.42 Å². The Bertz CT molecular complexity index is 1000. The minimum Gasteiger partial charge on any atom is -0.339 e. The molecule has 2 aliphatic rings. The second-order valence-electron chi connectivity index (χ2n) is 6.44. The van der Waals surface area contributed by atoms with Gasteiger partial charge >= 0.3 is 0 Å². The average Bonchev–Trinajstić information content (AvgIpc) is 3.22. The fourth-order valence-corrected chi connectivity index (χ4v) is 3.68.